The molecule has 2 aromatic heterocycles. The van der Waals surface area contributed by atoms with Crippen molar-refractivity contribution in [1.29, 1.82) is 0 Å². The second kappa shape index (κ2) is 11.0. The van der Waals surface area contributed by atoms with Crippen LogP contribution in [-0.2, 0) is 4.74 Å². The summed E-state index contributed by atoms with van der Waals surface area (Å²) in [5, 5.41) is 2.94. The van der Waals surface area contributed by atoms with Crippen LogP contribution in [0.2, 0.25) is 0 Å². The van der Waals surface area contributed by atoms with Crippen LogP contribution in [-0.4, -0.2) is 19.7 Å². The molecule has 6 rings (SSSR count). The third-order valence-corrected chi connectivity index (χ3v) is 8.93. The molecule has 0 spiro atoms. The van der Waals surface area contributed by atoms with Crippen molar-refractivity contribution in [3.8, 4) is 5.75 Å². The molecule has 0 saturated carbocycles. The van der Waals surface area contributed by atoms with Gasteiger partial charge in [-0.3, -0.25) is 9.59 Å². The first kappa shape index (κ1) is 26.5. The van der Waals surface area contributed by atoms with E-state index in [4.69, 9.17) is 9.47 Å². The number of aryl methyl sites for hydroxylation is 2. The van der Waals surface area contributed by atoms with Gasteiger partial charge >= 0.3 is 5.97 Å². The zero-order valence-corrected chi connectivity index (χ0v) is 23.6. The van der Waals surface area contributed by atoms with E-state index in [-0.39, 0.29) is 16.8 Å². The van der Waals surface area contributed by atoms with Gasteiger partial charge in [-0.1, -0.05) is 18.2 Å². The lowest BCUT2D eigenvalue weighted by atomic mass is 10.0. The van der Waals surface area contributed by atoms with E-state index in [1.165, 1.54) is 16.9 Å². The number of rotatable bonds is 3. The van der Waals surface area contributed by atoms with Gasteiger partial charge in [0, 0.05) is 40.3 Å². The summed E-state index contributed by atoms with van der Waals surface area (Å²) in [7, 11) is 1.57. The molecule has 2 heterocycles. The molecule has 0 fully saturated rings. The van der Waals surface area contributed by atoms with Crippen LogP contribution >= 0.6 is 22.7 Å². The van der Waals surface area contributed by atoms with Crippen LogP contribution in [0, 0.1) is 13.8 Å². The Labute approximate surface area is 232 Å². The summed E-state index contributed by atoms with van der Waals surface area (Å²) >= 11 is 3.16. The Hall–Kier alpha value is -4.07. The van der Waals surface area contributed by atoms with E-state index in [1.807, 2.05) is 50.2 Å². The van der Waals surface area contributed by atoms with E-state index < -0.39 is 0 Å². The molecule has 0 atom stereocenters. The molecular formula is C32H26O5S2. The predicted octanol–water partition coefficient (Wildman–Crippen LogP) is 7.63. The summed E-state index contributed by atoms with van der Waals surface area (Å²) in [4.78, 5) is 36.9. The lowest BCUT2D eigenvalue weighted by Crippen LogP contribution is -2.06. The maximum Gasteiger partial charge on any atom is 0.338 e. The van der Waals surface area contributed by atoms with Gasteiger partial charge in [0.1, 0.15) is 5.75 Å². The van der Waals surface area contributed by atoms with E-state index in [2.05, 4.69) is 12.1 Å². The third-order valence-electron chi connectivity index (χ3n) is 6.66. The average Bonchev–Trinajstić information content (AvgIpc) is 2.95. The standard InChI is InChI=1S/C17H14O4S.C15H12OS/c1-3-21-17(19)10-4-6-12-15(8-10)22-14-7-5-11(20-2)9-13(14)16(12)18;1-9-7-8-13-14(10(9)2)15(16)11-5-3-4-6-12(11)17-13/h4-9H,3H2,1-2H3;3-8H,1-2H3. The van der Waals surface area contributed by atoms with Gasteiger partial charge < -0.3 is 9.47 Å². The van der Waals surface area contributed by atoms with Gasteiger partial charge in [-0.25, -0.2) is 4.79 Å². The molecule has 0 unspecified atom stereocenters. The zero-order valence-electron chi connectivity index (χ0n) is 22.0. The average molecular weight is 555 g/mol. The van der Waals surface area contributed by atoms with Crippen molar-refractivity contribution < 1.29 is 14.3 Å². The van der Waals surface area contributed by atoms with E-state index in [9.17, 15) is 14.4 Å². The lowest BCUT2D eigenvalue weighted by Gasteiger charge is -2.06. The lowest BCUT2D eigenvalue weighted by molar-refractivity contribution is 0.0526. The largest absolute Gasteiger partial charge is 0.497 e. The molecule has 0 aliphatic carbocycles. The van der Waals surface area contributed by atoms with Gasteiger partial charge in [-0.15, -0.1) is 22.7 Å². The van der Waals surface area contributed by atoms with Crippen LogP contribution in [0.4, 0.5) is 0 Å². The molecule has 0 amide bonds. The molecule has 39 heavy (non-hydrogen) atoms. The first-order valence-corrected chi connectivity index (χ1v) is 14.1. The quantitative estimate of drug-likeness (QED) is 0.166. The molecule has 0 aliphatic rings. The predicted molar refractivity (Wildman–Crippen MR) is 163 cm³/mol. The molecule has 196 valence electrons. The Bertz CT molecular complexity index is 2000. The molecule has 4 aromatic carbocycles. The first-order chi connectivity index (χ1) is 18.8. The van der Waals surface area contributed by atoms with Gasteiger partial charge in [0.25, 0.3) is 0 Å². The summed E-state index contributed by atoms with van der Waals surface area (Å²) in [6.45, 7) is 6.16. The summed E-state index contributed by atoms with van der Waals surface area (Å²) in [6.07, 6.45) is 0. The number of benzene rings is 4. The Kier molecular flexibility index (Phi) is 7.46. The smallest absolute Gasteiger partial charge is 0.338 e. The Morgan fingerprint density at radius 3 is 2.21 bits per heavy atom. The molecule has 5 nitrogen and oxygen atoms in total. The van der Waals surface area contributed by atoms with Crippen molar-refractivity contribution in [2.45, 2.75) is 20.8 Å². The fourth-order valence-electron chi connectivity index (χ4n) is 4.46. The number of carbonyl (C=O) groups excluding carboxylic acids is 1. The van der Waals surface area contributed by atoms with E-state index in [0.29, 0.717) is 28.7 Å². The molecule has 6 aromatic rings. The van der Waals surface area contributed by atoms with Crippen LogP contribution in [0.1, 0.15) is 28.4 Å². The summed E-state index contributed by atoms with van der Waals surface area (Å²) in [6, 6.07) is 22.4. The van der Waals surface area contributed by atoms with Gasteiger partial charge in [-0.2, -0.15) is 0 Å². The molecule has 0 aliphatic heterocycles. The minimum absolute atomic E-state index is 0.0574. The number of hydrogen-bond acceptors (Lipinski definition) is 7. The van der Waals surface area contributed by atoms with Gasteiger partial charge in [-0.05, 0) is 86.5 Å². The highest BCUT2D eigenvalue weighted by atomic mass is 32.1. The van der Waals surface area contributed by atoms with Crippen LogP contribution < -0.4 is 15.6 Å². The Morgan fingerprint density at radius 1 is 0.744 bits per heavy atom. The molecule has 7 heteroatoms. The maximum absolute atomic E-state index is 12.6. The highest BCUT2D eigenvalue weighted by Gasteiger charge is 2.12. The van der Waals surface area contributed by atoms with E-state index in [0.717, 1.165) is 35.1 Å². The third kappa shape index (κ3) is 5.03. The number of esters is 1. The fraction of sp³-hybridized carbons (Fsp3) is 0.156. The number of fused-ring (bicyclic) bond motifs is 4. The van der Waals surface area contributed by atoms with Crippen molar-refractivity contribution >= 4 is 69.0 Å². The summed E-state index contributed by atoms with van der Waals surface area (Å²) < 4.78 is 13.9. The molecular weight excluding hydrogens is 528 g/mol. The maximum atomic E-state index is 12.6. The van der Waals surface area contributed by atoms with Crippen LogP contribution in [0.5, 0.6) is 5.75 Å². The number of hydrogen-bond donors (Lipinski definition) is 0. The highest BCUT2D eigenvalue weighted by molar-refractivity contribution is 7.25. The number of ether oxygens (including phenoxy) is 2. The minimum atomic E-state index is -0.376. The topological polar surface area (TPSA) is 69.7 Å². The fourth-order valence-corrected chi connectivity index (χ4v) is 6.69. The van der Waals surface area contributed by atoms with Gasteiger partial charge in [0.15, 0.2) is 10.9 Å². The van der Waals surface area contributed by atoms with Crippen molar-refractivity contribution in [1.82, 2.24) is 0 Å². The monoisotopic (exact) mass is 554 g/mol. The Balaban J connectivity index is 0.000000163. The van der Waals surface area contributed by atoms with Crippen molar-refractivity contribution in [2.24, 2.45) is 0 Å². The molecule has 0 bridgehead atoms. The van der Waals surface area contributed by atoms with E-state index in [1.54, 1.807) is 49.6 Å². The summed E-state index contributed by atoms with van der Waals surface area (Å²) in [5.74, 6) is 0.276. The zero-order chi connectivity index (χ0) is 27.7. The Morgan fingerprint density at radius 2 is 1.44 bits per heavy atom. The van der Waals surface area contributed by atoms with Crippen LogP contribution in [0.3, 0.4) is 0 Å². The normalized spacial score (nSPS) is 11.0. The molecule has 0 N–H and O–H groups in total. The van der Waals surface area contributed by atoms with Crippen LogP contribution in [0.15, 0.2) is 82.4 Å². The highest BCUT2D eigenvalue weighted by Crippen LogP contribution is 2.29. The van der Waals surface area contributed by atoms with Gasteiger partial charge in [0.2, 0.25) is 0 Å². The molecule has 0 saturated heterocycles. The van der Waals surface area contributed by atoms with Crippen molar-refractivity contribution in [3.05, 3.63) is 110 Å². The van der Waals surface area contributed by atoms with Crippen LogP contribution in [0.25, 0.3) is 40.3 Å². The second-order valence-electron chi connectivity index (χ2n) is 9.03. The summed E-state index contributed by atoms with van der Waals surface area (Å²) in [5.41, 5.74) is 2.85. The number of methoxy groups -OCH3 is 1. The molecule has 0 radical (unpaired) electrons. The number of carbonyl (C=O) groups is 1. The van der Waals surface area contributed by atoms with Crippen molar-refractivity contribution in [3.63, 3.8) is 0 Å². The van der Waals surface area contributed by atoms with Gasteiger partial charge in [0.05, 0.1) is 19.3 Å². The van der Waals surface area contributed by atoms with Crippen molar-refractivity contribution in [2.75, 3.05) is 13.7 Å². The second-order valence-corrected chi connectivity index (χ2v) is 11.2. The SMILES string of the molecule is CCOC(=O)c1ccc2c(=O)c3cc(OC)ccc3sc2c1.Cc1ccc2sc3ccccc3c(=O)c2c1C. The minimum Gasteiger partial charge on any atom is -0.497 e. The first-order valence-electron chi connectivity index (χ1n) is 12.5. The van der Waals surface area contributed by atoms with E-state index >= 15 is 0 Å².